The predicted octanol–water partition coefficient (Wildman–Crippen LogP) is 0.827. The van der Waals surface area contributed by atoms with Gasteiger partial charge in [-0.15, -0.1) is 12.3 Å². The van der Waals surface area contributed by atoms with Crippen LogP contribution in [-0.2, 0) is 19.6 Å². The zero-order chi connectivity index (χ0) is 15.9. The van der Waals surface area contributed by atoms with Crippen LogP contribution in [0.2, 0.25) is 0 Å². The number of sulfonamides is 1. The molecule has 21 heavy (non-hydrogen) atoms. The van der Waals surface area contributed by atoms with Crippen molar-refractivity contribution in [1.82, 2.24) is 4.72 Å². The molecule has 0 heterocycles. The van der Waals surface area contributed by atoms with Gasteiger partial charge in [-0.2, -0.15) is 0 Å². The Hall–Kier alpha value is -2.59. The molecule has 1 rings (SSSR count). The Kier molecular flexibility index (Phi) is 5.69. The first-order chi connectivity index (χ1) is 9.85. The third-order valence-corrected chi connectivity index (χ3v) is 3.40. The van der Waals surface area contributed by atoms with E-state index in [1.807, 2.05) is 5.92 Å². The molecule has 1 aromatic rings. The number of carbonyl (C=O) groups excluding carboxylic acids is 1. The van der Waals surface area contributed by atoms with Crippen LogP contribution in [0.3, 0.4) is 0 Å². The maximum atomic E-state index is 11.7. The second kappa shape index (κ2) is 7.26. The van der Waals surface area contributed by atoms with Crippen molar-refractivity contribution in [3.8, 4) is 12.3 Å². The van der Waals surface area contributed by atoms with Crippen molar-refractivity contribution in [3.63, 3.8) is 0 Å². The molecular weight excluding hydrogens is 294 g/mol. The minimum Gasteiger partial charge on any atom is -0.481 e. The number of nitrogens with one attached hydrogen (secondary N) is 1. The smallest absolute Gasteiger partial charge is 0.317 e. The number of hydrogen-bond donors (Lipinski definition) is 2. The number of hydrogen-bond acceptors (Lipinski definition) is 4. The molecule has 1 atom stereocenters. The van der Waals surface area contributed by atoms with E-state index in [9.17, 15) is 18.0 Å². The maximum Gasteiger partial charge on any atom is 0.317 e. The first-order valence-electron chi connectivity index (χ1n) is 5.82. The van der Waals surface area contributed by atoms with Crippen LogP contribution in [0.4, 0.5) is 0 Å². The van der Waals surface area contributed by atoms with E-state index in [4.69, 9.17) is 11.5 Å². The van der Waals surface area contributed by atoms with Gasteiger partial charge in [-0.05, 0) is 11.6 Å². The Balaban J connectivity index is 2.81. The second-order valence-electron chi connectivity index (χ2n) is 4.02. The van der Waals surface area contributed by atoms with Crippen LogP contribution in [0, 0.1) is 18.3 Å². The number of benzene rings is 1. The van der Waals surface area contributed by atoms with Crippen LogP contribution in [-0.4, -0.2) is 25.4 Å². The van der Waals surface area contributed by atoms with Crippen molar-refractivity contribution in [2.45, 2.75) is 6.42 Å². The Morgan fingerprint density at radius 3 is 2.48 bits per heavy atom. The number of carbonyl (C=O) groups is 2. The summed E-state index contributed by atoms with van der Waals surface area (Å²) < 4.78 is 25.0. The van der Waals surface area contributed by atoms with Gasteiger partial charge in [0, 0.05) is 6.42 Å². The van der Waals surface area contributed by atoms with Crippen LogP contribution >= 0.6 is 0 Å². The van der Waals surface area contributed by atoms with Gasteiger partial charge in [0.1, 0.15) is 5.92 Å². The van der Waals surface area contributed by atoms with Crippen molar-refractivity contribution in [2.75, 3.05) is 0 Å². The molecule has 0 radical (unpaired) electrons. The molecule has 0 saturated carbocycles. The summed E-state index contributed by atoms with van der Waals surface area (Å²) in [5.41, 5.74) is 0.619. The van der Waals surface area contributed by atoms with Crippen LogP contribution in [0.15, 0.2) is 35.7 Å². The molecular formula is C14H13NO5S. The molecule has 0 aliphatic heterocycles. The van der Waals surface area contributed by atoms with E-state index in [-0.39, 0.29) is 6.42 Å². The fourth-order valence-corrected chi connectivity index (χ4v) is 2.21. The van der Waals surface area contributed by atoms with Crippen molar-refractivity contribution in [1.29, 1.82) is 0 Å². The molecule has 7 heteroatoms. The minimum absolute atomic E-state index is 0.390. The summed E-state index contributed by atoms with van der Waals surface area (Å²) in [7, 11) is -4.09. The SMILES string of the molecule is C#CCC(C(=O)O)C(=O)NS(=O)(=O)C=Cc1ccccc1. The van der Waals surface area contributed by atoms with E-state index < -0.39 is 27.8 Å². The number of carboxylic acids is 1. The highest BCUT2D eigenvalue weighted by atomic mass is 32.2. The quantitative estimate of drug-likeness (QED) is 0.599. The van der Waals surface area contributed by atoms with Crippen molar-refractivity contribution in [3.05, 3.63) is 41.3 Å². The molecule has 1 amide bonds. The van der Waals surface area contributed by atoms with Crippen LogP contribution < -0.4 is 4.72 Å². The number of rotatable bonds is 6. The standard InChI is InChI=1S/C14H13NO5S/c1-2-6-12(14(17)18)13(16)15-21(19,20)10-9-11-7-4-3-5-8-11/h1,3-5,7-10,12H,6H2,(H,15,16)(H,17,18). The van der Waals surface area contributed by atoms with Crippen molar-refractivity contribution in [2.24, 2.45) is 5.92 Å². The molecule has 0 saturated heterocycles. The lowest BCUT2D eigenvalue weighted by Gasteiger charge is -2.08. The fraction of sp³-hybridized carbons (Fsp3) is 0.143. The van der Waals surface area contributed by atoms with Crippen molar-refractivity contribution < 1.29 is 23.1 Å². The monoisotopic (exact) mass is 307 g/mol. The van der Waals surface area contributed by atoms with Gasteiger partial charge in [-0.1, -0.05) is 30.3 Å². The molecule has 0 bridgehead atoms. The van der Waals surface area contributed by atoms with Gasteiger partial charge in [0.2, 0.25) is 5.91 Å². The lowest BCUT2D eigenvalue weighted by Crippen LogP contribution is -2.38. The highest BCUT2D eigenvalue weighted by Crippen LogP contribution is 2.06. The number of terminal acetylenes is 1. The molecule has 0 aliphatic carbocycles. The molecule has 2 N–H and O–H groups in total. The largest absolute Gasteiger partial charge is 0.481 e. The van der Waals surface area contributed by atoms with Gasteiger partial charge in [0.05, 0.1) is 5.41 Å². The summed E-state index contributed by atoms with van der Waals surface area (Å²) in [6.45, 7) is 0. The maximum absolute atomic E-state index is 11.7. The number of carboxylic acid groups (broad SMARTS) is 1. The molecule has 110 valence electrons. The number of aliphatic carboxylic acids is 1. The summed E-state index contributed by atoms with van der Waals surface area (Å²) >= 11 is 0. The molecule has 1 unspecified atom stereocenters. The summed E-state index contributed by atoms with van der Waals surface area (Å²) in [6.07, 6.45) is 5.84. The summed E-state index contributed by atoms with van der Waals surface area (Å²) in [6, 6.07) is 8.56. The van der Waals surface area contributed by atoms with Crippen molar-refractivity contribution >= 4 is 28.0 Å². The topological polar surface area (TPSA) is 101 Å². The third kappa shape index (κ3) is 5.50. The summed E-state index contributed by atoms with van der Waals surface area (Å²) in [5.74, 6) is -2.23. The molecule has 0 aliphatic rings. The predicted molar refractivity (Wildman–Crippen MR) is 77.1 cm³/mol. The molecule has 0 spiro atoms. The molecule has 1 aromatic carbocycles. The highest BCUT2D eigenvalue weighted by molar-refractivity contribution is 7.93. The fourth-order valence-electron chi connectivity index (χ4n) is 1.39. The van der Waals surface area contributed by atoms with Crippen LogP contribution in [0.25, 0.3) is 6.08 Å². The number of amides is 1. The summed E-state index contributed by atoms with van der Waals surface area (Å²) in [5, 5.41) is 9.60. The van der Waals surface area contributed by atoms with Gasteiger partial charge >= 0.3 is 5.97 Å². The van der Waals surface area contributed by atoms with Gasteiger partial charge < -0.3 is 5.11 Å². The van der Waals surface area contributed by atoms with E-state index in [1.54, 1.807) is 35.1 Å². The molecule has 0 aromatic heterocycles. The first-order valence-corrected chi connectivity index (χ1v) is 7.36. The first kappa shape index (κ1) is 16.5. The average molecular weight is 307 g/mol. The zero-order valence-corrected chi connectivity index (χ0v) is 11.7. The van der Waals surface area contributed by atoms with Crippen LogP contribution in [0.5, 0.6) is 0 Å². The lowest BCUT2D eigenvalue weighted by atomic mass is 10.1. The van der Waals surface area contributed by atoms with Gasteiger partial charge in [-0.25, -0.2) is 13.1 Å². The van der Waals surface area contributed by atoms with E-state index in [2.05, 4.69) is 0 Å². The van der Waals surface area contributed by atoms with Crippen LogP contribution in [0.1, 0.15) is 12.0 Å². The Morgan fingerprint density at radius 2 is 1.95 bits per heavy atom. The third-order valence-electron chi connectivity index (χ3n) is 2.42. The second-order valence-corrected chi connectivity index (χ2v) is 5.59. The minimum atomic E-state index is -4.09. The zero-order valence-electron chi connectivity index (χ0n) is 10.9. The Morgan fingerprint density at radius 1 is 1.33 bits per heavy atom. The summed E-state index contributed by atoms with van der Waals surface area (Å²) in [4.78, 5) is 22.4. The molecule has 6 nitrogen and oxygen atoms in total. The van der Waals surface area contributed by atoms with E-state index >= 15 is 0 Å². The molecule has 0 fully saturated rings. The Labute approximate surface area is 122 Å². The van der Waals surface area contributed by atoms with E-state index in [0.29, 0.717) is 5.56 Å². The van der Waals surface area contributed by atoms with Gasteiger partial charge in [-0.3, -0.25) is 9.59 Å². The van der Waals surface area contributed by atoms with E-state index in [0.717, 1.165) is 5.41 Å². The lowest BCUT2D eigenvalue weighted by molar-refractivity contribution is -0.146. The van der Waals surface area contributed by atoms with Gasteiger partial charge in [0.25, 0.3) is 10.0 Å². The van der Waals surface area contributed by atoms with E-state index in [1.165, 1.54) is 6.08 Å². The normalized spacial score (nSPS) is 12.5. The average Bonchev–Trinajstić information content (AvgIpc) is 2.43. The Bertz CT molecular complexity index is 686. The van der Waals surface area contributed by atoms with Gasteiger partial charge in [0.15, 0.2) is 0 Å². The highest BCUT2D eigenvalue weighted by Gasteiger charge is 2.27.